The van der Waals surface area contributed by atoms with Gasteiger partial charge in [-0.3, -0.25) is 4.79 Å². The topological polar surface area (TPSA) is 50.4 Å². The molecule has 0 unspecified atom stereocenters. The first-order valence-corrected chi connectivity index (χ1v) is 6.47. The Morgan fingerprint density at radius 3 is 2.39 bits per heavy atom. The van der Waals surface area contributed by atoms with Crippen LogP contribution in [-0.2, 0) is 4.79 Å². The van der Waals surface area contributed by atoms with E-state index < -0.39 is 24.2 Å². The van der Waals surface area contributed by atoms with Gasteiger partial charge in [-0.05, 0) is 24.3 Å². The van der Waals surface area contributed by atoms with Crippen LogP contribution >= 0.6 is 0 Å². The number of carbonyl (C=O) groups is 1. The number of hydrogen-bond donors (Lipinski definition) is 2. The molecule has 8 heteroatoms. The van der Waals surface area contributed by atoms with Gasteiger partial charge in [0.25, 0.3) is 0 Å². The number of amides is 1. The van der Waals surface area contributed by atoms with E-state index in [-0.39, 0.29) is 23.7 Å². The summed E-state index contributed by atoms with van der Waals surface area (Å²) in [6.07, 6.45) is 0. The maximum Gasteiger partial charge on any atom is 0.387 e. The van der Waals surface area contributed by atoms with Gasteiger partial charge >= 0.3 is 6.61 Å². The quantitative estimate of drug-likeness (QED) is 0.797. The predicted molar refractivity (Wildman–Crippen MR) is 76.6 cm³/mol. The van der Waals surface area contributed by atoms with E-state index in [0.29, 0.717) is 6.07 Å². The Labute approximate surface area is 129 Å². The van der Waals surface area contributed by atoms with E-state index in [9.17, 15) is 22.4 Å². The lowest BCUT2D eigenvalue weighted by atomic mass is 10.3. The summed E-state index contributed by atoms with van der Waals surface area (Å²) in [5, 5.41) is 4.89. The summed E-state index contributed by atoms with van der Waals surface area (Å²) in [5.41, 5.74) is 0.139. The molecule has 0 bridgehead atoms. The van der Waals surface area contributed by atoms with Gasteiger partial charge in [0.2, 0.25) is 5.91 Å². The van der Waals surface area contributed by atoms with Crippen molar-refractivity contribution in [1.82, 2.24) is 0 Å². The standard InChI is InChI=1S/C15H12F4N2O2/c16-9-5-10(17)7-11(6-9)21-14(22)8-20-12-3-1-2-4-13(12)23-15(18)19/h1-7,15,20H,8H2,(H,21,22). The van der Waals surface area contributed by atoms with E-state index >= 15 is 0 Å². The Balaban J connectivity index is 1.97. The molecule has 0 aliphatic rings. The Bertz CT molecular complexity index is 675. The first-order chi connectivity index (χ1) is 10.9. The predicted octanol–water partition coefficient (Wildman–Crippen LogP) is 3.62. The molecule has 4 nitrogen and oxygen atoms in total. The summed E-state index contributed by atoms with van der Waals surface area (Å²) >= 11 is 0. The average molecular weight is 328 g/mol. The summed E-state index contributed by atoms with van der Waals surface area (Å²) in [7, 11) is 0. The highest BCUT2D eigenvalue weighted by Gasteiger charge is 2.10. The molecule has 122 valence electrons. The van der Waals surface area contributed by atoms with Crippen LogP contribution in [0, 0.1) is 11.6 Å². The monoisotopic (exact) mass is 328 g/mol. The average Bonchev–Trinajstić information content (AvgIpc) is 2.44. The molecule has 0 aromatic heterocycles. The number of anilines is 2. The minimum Gasteiger partial charge on any atom is -0.433 e. The zero-order valence-electron chi connectivity index (χ0n) is 11.7. The van der Waals surface area contributed by atoms with Gasteiger partial charge in [-0.15, -0.1) is 0 Å². The Morgan fingerprint density at radius 2 is 1.74 bits per heavy atom. The van der Waals surface area contributed by atoms with Gasteiger partial charge in [0.1, 0.15) is 17.4 Å². The lowest BCUT2D eigenvalue weighted by Crippen LogP contribution is -2.22. The van der Waals surface area contributed by atoms with Gasteiger partial charge < -0.3 is 15.4 Å². The second-order valence-electron chi connectivity index (χ2n) is 4.43. The number of rotatable bonds is 6. The molecular weight excluding hydrogens is 316 g/mol. The molecule has 1 amide bonds. The molecule has 0 atom stereocenters. The molecule has 2 aromatic carbocycles. The molecule has 0 aliphatic carbocycles. The van der Waals surface area contributed by atoms with Crippen molar-refractivity contribution >= 4 is 17.3 Å². The van der Waals surface area contributed by atoms with Gasteiger partial charge in [0.05, 0.1) is 12.2 Å². The number of ether oxygens (including phenoxy) is 1. The summed E-state index contributed by atoms with van der Waals surface area (Å²) in [4.78, 5) is 11.7. The van der Waals surface area contributed by atoms with Crippen LogP contribution in [0.4, 0.5) is 28.9 Å². The Hall–Kier alpha value is -2.77. The molecule has 0 aliphatic heterocycles. The normalized spacial score (nSPS) is 10.5. The highest BCUT2D eigenvalue weighted by atomic mass is 19.3. The molecule has 0 saturated heterocycles. The fraction of sp³-hybridized carbons (Fsp3) is 0.133. The van der Waals surface area contributed by atoms with Crippen molar-refractivity contribution in [3.8, 4) is 5.75 Å². The van der Waals surface area contributed by atoms with E-state index in [4.69, 9.17) is 0 Å². The van der Waals surface area contributed by atoms with Gasteiger partial charge in [-0.1, -0.05) is 12.1 Å². The van der Waals surface area contributed by atoms with Crippen molar-refractivity contribution in [1.29, 1.82) is 0 Å². The molecule has 23 heavy (non-hydrogen) atoms. The third-order valence-corrected chi connectivity index (χ3v) is 2.69. The summed E-state index contributed by atoms with van der Waals surface area (Å²) < 4.78 is 54.8. The van der Waals surface area contributed by atoms with Gasteiger partial charge in [0, 0.05) is 11.8 Å². The Kier molecular flexibility index (Phi) is 5.40. The zero-order valence-corrected chi connectivity index (χ0v) is 11.7. The molecule has 2 rings (SSSR count). The van der Waals surface area contributed by atoms with Crippen LogP contribution < -0.4 is 15.4 Å². The van der Waals surface area contributed by atoms with E-state index in [0.717, 1.165) is 12.1 Å². The molecule has 0 heterocycles. The molecule has 2 aromatic rings. The minimum absolute atomic E-state index is 0.0496. The van der Waals surface area contributed by atoms with Crippen molar-refractivity contribution < 1.29 is 27.1 Å². The van der Waals surface area contributed by atoms with E-state index in [1.54, 1.807) is 6.07 Å². The van der Waals surface area contributed by atoms with E-state index in [1.807, 2.05) is 0 Å². The number of halogens is 4. The largest absolute Gasteiger partial charge is 0.433 e. The van der Waals surface area contributed by atoms with Crippen LogP contribution in [0.5, 0.6) is 5.75 Å². The Morgan fingerprint density at radius 1 is 1.09 bits per heavy atom. The number of para-hydroxylation sites is 2. The van der Waals surface area contributed by atoms with Crippen LogP contribution in [0.15, 0.2) is 42.5 Å². The van der Waals surface area contributed by atoms with Crippen LogP contribution in [0.25, 0.3) is 0 Å². The van der Waals surface area contributed by atoms with Crippen molar-refractivity contribution in [2.45, 2.75) is 6.61 Å². The molecule has 0 fully saturated rings. The SMILES string of the molecule is O=C(CNc1ccccc1OC(F)F)Nc1cc(F)cc(F)c1. The summed E-state index contributed by atoms with van der Waals surface area (Å²) in [5.74, 6) is -2.39. The second kappa shape index (κ2) is 7.48. The second-order valence-corrected chi connectivity index (χ2v) is 4.43. The van der Waals surface area contributed by atoms with Crippen LogP contribution in [-0.4, -0.2) is 19.1 Å². The van der Waals surface area contributed by atoms with Crippen molar-refractivity contribution in [3.63, 3.8) is 0 Å². The highest BCUT2D eigenvalue weighted by molar-refractivity contribution is 5.93. The number of hydrogen-bond acceptors (Lipinski definition) is 3. The molecule has 0 radical (unpaired) electrons. The van der Waals surface area contributed by atoms with E-state index in [1.165, 1.54) is 18.2 Å². The molecule has 0 spiro atoms. The molecule has 2 N–H and O–H groups in total. The smallest absolute Gasteiger partial charge is 0.387 e. The first kappa shape index (κ1) is 16.6. The van der Waals surface area contributed by atoms with Crippen molar-refractivity contribution in [2.75, 3.05) is 17.2 Å². The van der Waals surface area contributed by atoms with Crippen molar-refractivity contribution in [3.05, 3.63) is 54.1 Å². The minimum atomic E-state index is -3.00. The van der Waals surface area contributed by atoms with Gasteiger partial charge in [-0.25, -0.2) is 8.78 Å². The van der Waals surface area contributed by atoms with Crippen LogP contribution in [0.3, 0.4) is 0 Å². The van der Waals surface area contributed by atoms with Crippen molar-refractivity contribution in [2.24, 2.45) is 0 Å². The summed E-state index contributed by atoms with van der Waals surface area (Å²) in [6, 6.07) is 8.41. The fourth-order valence-electron chi connectivity index (χ4n) is 1.82. The third-order valence-electron chi connectivity index (χ3n) is 2.69. The lowest BCUT2D eigenvalue weighted by Gasteiger charge is -2.12. The molecular formula is C15H12F4N2O2. The maximum atomic E-state index is 13.0. The van der Waals surface area contributed by atoms with E-state index in [2.05, 4.69) is 15.4 Å². The van der Waals surface area contributed by atoms with Gasteiger partial charge in [-0.2, -0.15) is 8.78 Å². The summed E-state index contributed by atoms with van der Waals surface area (Å²) in [6.45, 7) is -3.30. The first-order valence-electron chi connectivity index (χ1n) is 6.47. The highest BCUT2D eigenvalue weighted by Crippen LogP contribution is 2.25. The van der Waals surface area contributed by atoms with Crippen LogP contribution in [0.2, 0.25) is 0 Å². The lowest BCUT2D eigenvalue weighted by molar-refractivity contribution is -0.114. The molecule has 0 saturated carbocycles. The number of alkyl halides is 2. The van der Waals surface area contributed by atoms with Gasteiger partial charge in [0.15, 0.2) is 0 Å². The number of benzene rings is 2. The number of nitrogens with one attached hydrogen (secondary N) is 2. The third kappa shape index (κ3) is 5.17. The fourth-order valence-corrected chi connectivity index (χ4v) is 1.82. The number of carbonyl (C=O) groups excluding carboxylic acids is 1. The van der Waals surface area contributed by atoms with Crippen LogP contribution in [0.1, 0.15) is 0 Å². The maximum absolute atomic E-state index is 13.0. The zero-order chi connectivity index (χ0) is 16.8.